The number of rotatable bonds is 5. The summed E-state index contributed by atoms with van der Waals surface area (Å²) < 4.78 is 0. The maximum absolute atomic E-state index is 12.0. The Hall–Kier alpha value is -2.21. The molecule has 0 bridgehead atoms. The number of benzene rings is 1. The molecule has 23 heavy (non-hydrogen) atoms. The molecule has 0 aliphatic carbocycles. The minimum Gasteiger partial charge on any atom is -0.273 e. The van der Waals surface area contributed by atoms with E-state index in [1.165, 1.54) is 16.9 Å². The molecule has 0 fully saturated rings. The van der Waals surface area contributed by atoms with E-state index in [0.717, 1.165) is 17.0 Å². The van der Waals surface area contributed by atoms with E-state index in [4.69, 9.17) is 0 Å². The van der Waals surface area contributed by atoms with E-state index >= 15 is 0 Å². The van der Waals surface area contributed by atoms with Gasteiger partial charge in [0.2, 0.25) is 5.91 Å². The van der Waals surface area contributed by atoms with Crippen LogP contribution in [-0.4, -0.2) is 16.8 Å². The van der Waals surface area contributed by atoms with Crippen LogP contribution in [0, 0.1) is 5.92 Å². The monoisotopic (exact) mass is 331 g/mol. The zero-order valence-electron chi connectivity index (χ0n) is 13.6. The van der Waals surface area contributed by atoms with Gasteiger partial charge in [-0.15, -0.1) is 11.3 Å². The van der Waals surface area contributed by atoms with Crippen molar-refractivity contribution in [3.05, 3.63) is 40.9 Å². The van der Waals surface area contributed by atoms with Gasteiger partial charge in [-0.3, -0.25) is 20.4 Å². The van der Waals surface area contributed by atoms with Crippen LogP contribution in [0.2, 0.25) is 0 Å². The number of nitrogens with zero attached hydrogens (tertiary/aromatic N) is 1. The average molecular weight is 331 g/mol. The van der Waals surface area contributed by atoms with Crippen LogP contribution < -0.4 is 10.9 Å². The fourth-order valence-electron chi connectivity index (χ4n) is 2.01. The van der Waals surface area contributed by atoms with E-state index in [0.29, 0.717) is 12.1 Å². The molecular formula is C17H21N3O2S. The zero-order valence-corrected chi connectivity index (χ0v) is 14.4. The quantitative estimate of drug-likeness (QED) is 0.827. The lowest BCUT2D eigenvalue weighted by Gasteiger charge is -2.07. The molecule has 0 saturated heterocycles. The molecule has 1 aromatic heterocycles. The van der Waals surface area contributed by atoms with Crippen molar-refractivity contribution in [1.82, 2.24) is 15.8 Å². The second kappa shape index (κ2) is 7.87. The third-order valence-electron chi connectivity index (χ3n) is 3.26. The Morgan fingerprint density at radius 1 is 1.17 bits per heavy atom. The molecule has 0 aliphatic rings. The van der Waals surface area contributed by atoms with Crippen LogP contribution in [0.1, 0.15) is 43.2 Å². The van der Waals surface area contributed by atoms with Crippen LogP contribution >= 0.6 is 11.3 Å². The molecule has 6 heteroatoms. The van der Waals surface area contributed by atoms with Gasteiger partial charge in [-0.25, -0.2) is 4.98 Å². The number of aromatic nitrogens is 1. The second-order valence-corrected chi connectivity index (χ2v) is 6.55. The number of carbonyl (C=O) groups excluding carboxylic acids is 2. The molecule has 0 aliphatic heterocycles. The highest BCUT2D eigenvalue weighted by molar-refractivity contribution is 7.13. The number of hydrogen-bond donors (Lipinski definition) is 2. The van der Waals surface area contributed by atoms with E-state index in [-0.39, 0.29) is 11.8 Å². The van der Waals surface area contributed by atoms with Crippen molar-refractivity contribution in [1.29, 1.82) is 0 Å². The number of hydrazine groups is 1. The molecule has 5 nitrogen and oxygen atoms in total. The summed E-state index contributed by atoms with van der Waals surface area (Å²) in [6.07, 6.45) is 1.36. The average Bonchev–Trinajstić information content (AvgIpc) is 3.02. The number of carbonyl (C=O) groups is 2. The summed E-state index contributed by atoms with van der Waals surface area (Å²) in [5, 5.41) is 2.47. The maximum Gasteiger partial charge on any atom is 0.289 e. The van der Waals surface area contributed by atoms with Crippen molar-refractivity contribution < 1.29 is 9.59 Å². The molecule has 0 saturated carbocycles. The predicted molar refractivity (Wildman–Crippen MR) is 92.0 cm³/mol. The van der Waals surface area contributed by atoms with Gasteiger partial charge in [0.1, 0.15) is 10.7 Å². The topological polar surface area (TPSA) is 71.1 Å². The van der Waals surface area contributed by atoms with Gasteiger partial charge in [0.25, 0.3) is 5.91 Å². The third-order valence-corrected chi connectivity index (χ3v) is 4.15. The molecule has 2 aromatic rings. The summed E-state index contributed by atoms with van der Waals surface area (Å²) in [4.78, 5) is 27.9. The number of aryl methyl sites for hydroxylation is 1. The summed E-state index contributed by atoms with van der Waals surface area (Å²) >= 11 is 1.40. The number of amides is 2. The van der Waals surface area contributed by atoms with Crippen molar-refractivity contribution in [2.45, 2.75) is 33.6 Å². The van der Waals surface area contributed by atoms with E-state index in [1.807, 2.05) is 26.0 Å². The molecule has 1 heterocycles. The number of hydrogen-bond acceptors (Lipinski definition) is 4. The number of thiazole rings is 1. The summed E-state index contributed by atoms with van der Waals surface area (Å²) in [6, 6.07) is 8.12. The predicted octanol–water partition coefficient (Wildman–Crippen LogP) is 3.18. The van der Waals surface area contributed by atoms with Crippen molar-refractivity contribution in [3.8, 4) is 10.6 Å². The van der Waals surface area contributed by atoms with Gasteiger partial charge in [-0.1, -0.05) is 45.0 Å². The van der Waals surface area contributed by atoms with Crippen LogP contribution in [0.25, 0.3) is 10.6 Å². The van der Waals surface area contributed by atoms with Crippen molar-refractivity contribution in [2.75, 3.05) is 0 Å². The van der Waals surface area contributed by atoms with Gasteiger partial charge in [0, 0.05) is 17.4 Å². The highest BCUT2D eigenvalue weighted by Crippen LogP contribution is 2.24. The maximum atomic E-state index is 12.0. The van der Waals surface area contributed by atoms with Crippen LogP contribution in [0.3, 0.4) is 0 Å². The first-order valence-electron chi connectivity index (χ1n) is 7.63. The van der Waals surface area contributed by atoms with Crippen molar-refractivity contribution in [2.24, 2.45) is 5.92 Å². The fourth-order valence-corrected chi connectivity index (χ4v) is 2.81. The molecular weight excluding hydrogens is 310 g/mol. The summed E-state index contributed by atoms with van der Waals surface area (Å²) in [7, 11) is 0. The molecule has 122 valence electrons. The van der Waals surface area contributed by atoms with E-state index in [2.05, 4.69) is 34.9 Å². The Labute approximate surface area is 140 Å². The Morgan fingerprint density at radius 3 is 2.48 bits per heavy atom. The van der Waals surface area contributed by atoms with Crippen molar-refractivity contribution >= 4 is 23.2 Å². The van der Waals surface area contributed by atoms with Gasteiger partial charge in [-0.2, -0.15) is 0 Å². The van der Waals surface area contributed by atoms with Gasteiger partial charge in [0.05, 0.1) is 0 Å². The molecule has 2 amide bonds. The van der Waals surface area contributed by atoms with Crippen LogP contribution in [-0.2, 0) is 11.2 Å². The first kappa shape index (κ1) is 17.1. The summed E-state index contributed by atoms with van der Waals surface area (Å²) in [6.45, 7) is 5.99. The Bertz CT molecular complexity index is 677. The normalized spacial score (nSPS) is 10.6. The highest BCUT2D eigenvalue weighted by Gasteiger charge is 2.13. The van der Waals surface area contributed by atoms with E-state index < -0.39 is 5.91 Å². The minimum atomic E-state index is -0.408. The number of nitrogens with one attached hydrogen (secondary N) is 2. The molecule has 2 N–H and O–H groups in total. The van der Waals surface area contributed by atoms with Gasteiger partial charge in [-0.05, 0) is 17.9 Å². The van der Waals surface area contributed by atoms with Gasteiger partial charge >= 0.3 is 0 Å². The Kier molecular flexibility index (Phi) is 5.87. The summed E-state index contributed by atoms with van der Waals surface area (Å²) in [5.74, 6) is -0.377. The minimum absolute atomic E-state index is 0.209. The molecule has 2 rings (SSSR count). The summed E-state index contributed by atoms with van der Waals surface area (Å²) in [5.41, 5.74) is 7.34. The second-order valence-electron chi connectivity index (χ2n) is 5.69. The van der Waals surface area contributed by atoms with Crippen LogP contribution in [0.15, 0.2) is 29.6 Å². The molecule has 1 aromatic carbocycles. The lowest BCUT2D eigenvalue weighted by atomic mass is 10.1. The van der Waals surface area contributed by atoms with Crippen LogP contribution in [0.4, 0.5) is 0 Å². The standard InChI is InChI=1S/C17H21N3O2S/c1-4-12-5-7-13(8-6-12)17-18-14(10-23-17)16(22)20-19-15(21)9-11(2)3/h5-8,10-11H,4,9H2,1-3H3,(H,19,21)(H,20,22). The van der Waals surface area contributed by atoms with Crippen LogP contribution in [0.5, 0.6) is 0 Å². The third kappa shape index (κ3) is 4.89. The molecule has 0 spiro atoms. The lowest BCUT2D eigenvalue weighted by Crippen LogP contribution is -2.42. The molecule has 0 radical (unpaired) electrons. The van der Waals surface area contributed by atoms with E-state index in [9.17, 15) is 9.59 Å². The fraction of sp³-hybridized carbons (Fsp3) is 0.353. The Morgan fingerprint density at radius 2 is 1.87 bits per heavy atom. The molecule has 0 unspecified atom stereocenters. The van der Waals surface area contributed by atoms with Gasteiger partial charge in [0.15, 0.2) is 0 Å². The first-order chi connectivity index (χ1) is 11.0. The molecule has 0 atom stereocenters. The van der Waals surface area contributed by atoms with Gasteiger partial charge < -0.3 is 0 Å². The largest absolute Gasteiger partial charge is 0.289 e. The SMILES string of the molecule is CCc1ccc(-c2nc(C(=O)NNC(=O)CC(C)C)cs2)cc1. The first-order valence-corrected chi connectivity index (χ1v) is 8.51. The zero-order chi connectivity index (χ0) is 16.8. The van der Waals surface area contributed by atoms with Crippen molar-refractivity contribution in [3.63, 3.8) is 0 Å². The smallest absolute Gasteiger partial charge is 0.273 e. The Balaban J connectivity index is 1.97. The highest BCUT2D eigenvalue weighted by atomic mass is 32.1. The van der Waals surface area contributed by atoms with E-state index in [1.54, 1.807) is 5.38 Å². The lowest BCUT2D eigenvalue weighted by molar-refractivity contribution is -0.122.